The minimum absolute atomic E-state index is 0.169. The third kappa shape index (κ3) is 4.57. The molecular weight excluding hydrogens is 346 g/mol. The molecule has 0 bridgehead atoms. The zero-order chi connectivity index (χ0) is 17.9. The first kappa shape index (κ1) is 18.7. The summed E-state index contributed by atoms with van der Waals surface area (Å²) in [5.74, 6) is -1.65. The molecule has 0 saturated carbocycles. The quantitative estimate of drug-likeness (QED) is 0.815. The highest BCUT2D eigenvalue weighted by Gasteiger charge is 2.30. The fraction of sp³-hybridized carbons (Fsp3) is 0.667. The fourth-order valence-electron chi connectivity index (χ4n) is 3.80. The molecule has 1 aromatic rings. The normalized spacial score (nSPS) is 22.0. The second-order valence-electron chi connectivity index (χ2n) is 7.14. The van der Waals surface area contributed by atoms with E-state index in [1.54, 1.807) is 0 Å². The van der Waals surface area contributed by atoms with Gasteiger partial charge in [0, 0.05) is 19.6 Å². The molecule has 2 heterocycles. The van der Waals surface area contributed by atoms with Crippen LogP contribution in [0.2, 0.25) is 0 Å². The fourth-order valence-corrected chi connectivity index (χ4v) is 5.28. The minimum atomic E-state index is -3.75. The molecule has 25 heavy (non-hydrogen) atoms. The standard InChI is InChI=1S/C18H26F2N2O2S/c19-17-6-5-16(13-18(17)20)25(23,24)22-11-7-15(8-12-22)14-21-9-3-1-2-4-10-21/h5-6,13,15H,1-4,7-12,14H2. The molecule has 2 aliphatic heterocycles. The van der Waals surface area contributed by atoms with Crippen LogP contribution in [0.5, 0.6) is 0 Å². The van der Waals surface area contributed by atoms with Gasteiger partial charge in [0.1, 0.15) is 0 Å². The van der Waals surface area contributed by atoms with E-state index >= 15 is 0 Å². The van der Waals surface area contributed by atoms with Gasteiger partial charge in [-0.2, -0.15) is 4.31 Å². The van der Waals surface area contributed by atoms with Gasteiger partial charge in [0.25, 0.3) is 0 Å². The topological polar surface area (TPSA) is 40.6 Å². The molecule has 0 amide bonds. The SMILES string of the molecule is O=S(=O)(c1ccc(F)c(F)c1)N1CCC(CN2CCCCCC2)CC1. The number of likely N-dealkylation sites (tertiary alicyclic amines) is 1. The van der Waals surface area contributed by atoms with Gasteiger partial charge in [-0.25, -0.2) is 17.2 Å². The van der Waals surface area contributed by atoms with Crippen LogP contribution in [0.15, 0.2) is 23.1 Å². The molecule has 3 rings (SSSR count). The van der Waals surface area contributed by atoms with Gasteiger partial charge in [-0.15, -0.1) is 0 Å². The van der Waals surface area contributed by atoms with Crippen molar-refractivity contribution in [2.45, 2.75) is 43.4 Å². The van der Waals surface area contributed by atoms with Crippen LogP contribution in [0.1, 0.15) is 38.5 Å². The molecule has 0 aliphatic carbocycles. The van der Waals surface area contributed by atoms with Crippen molar-refractivity contribution in [3.8, 4) is 0 Å². The molecule has 7 heteroatoms. The van der Waals surface area contributed by atoms with Crippen molar-refractivity contribution < 1.29 is 17.2 Å². The van der Waals surface area contributed by atoms with Crippen LogP contribution in [-0.4, -0.2) is 50.3 Å². The molecule has 0 atom stereocenters. The van der Waals surface area contributed by atoms with Gasteiger partial charge in [0.2, 0.25) is 10.0 Å². The van der Waals surface area contributed by atoms with E-state index in [4.69, 9.17) is 0 Å². The molecule has 2 fully saturated rings. The van der Waals surface area contributed by atoms with Crippen molar-refractivity contribution in [3.63, 3.8) is 0 Å². The van der Waals surface area contributed by atoms with Crippen LogP contribution in [0.3, 0.4) is 0 Å². The number of hydrogen-bond donors (Lipinski definition) is 0. The Kier molecular flexibility index (Phi) is 6.07. The Morgan fingerprint density at radius 2 is 1.56 bits per heavy atom. The highest BCUT2D eigenvalue weighted by molar-refractivity contribution is 7.89. The van der Waals surface area contributed by atoms with E-state index in [0.717, 1.165) is 50.7 Å². The third-order valence-electron chi connectivity index (χ3n) is 5.32. The molecule has 4 nitrogen and oxygen atoms in total. The van der Waals surface area contributed by atoms with Crippen LogP contribution >= 0.6 is 0 Å². The molecule has 0 spiro atoms. The molecule has 0 N–H and O–H groups in total. The van der Waals surface area contributed by atoms with Crippen LogP contribution in [0.25, 0.3) is 0 Å². The maximum Gasteiger partial charge on any atom is 0.243 e. The van der Waals surface area contributed by atoms with Gasteiger partial charge < -0.3 is 4.90 Å². The van der Waals surface area contributed by atoms with Crippen molar-refractivity contribution in [3.05, 3.63) is 29.8 Å². The lowest BCUT2D eigenvalue weighted by Crippen LogP contribution is -2.41. The maximum atomic E-state index is 13.4. The van der Waals surface area contributed by atoms with Gasteiger partial charge in [-0.1, -0.05) is 12.8 Å². The first-order chi connectivity index (χ1) is 12.0. The summed E-state index contributed by atoms with van der Waals surface area (Å²) >= 11 is 0. The predicted molar refractivity (Wildman–Crippen MR) is 92.7 cm³/mol. The number of nitrogens with zero attached hydrogens (tertiary/aromatic N) is 2. The maximum absolute atomic E-state index is 13.4. The zero-order valence-corrected chi connectivity index (χ0v) is 15.3. The number of halogens is 2. The summed E-state index contributed by atoms with van der Waals surface area (Å²) in [5, 5.41) is 0. The van der Waals surface area contributed by atoms with Gasteiger partial charge >= 0.3 is 0 Å². The molecule has 1 aromatic carbocycles. The molecule has 2 saturated heterocycles. The van der Waals surface area contributed by atoms with Crippen molar-refractivity contribution in [1.82, 2.24) is 9.21 Å². The average molecular weight is 372 g/mol. The van der Waals surface area contributed by atoms with Crippen LogP contribution in [-0.2, 0) is 10.0 Å². The second-order valence-corrected chi connectivity index (χ2v) is 9.08. The van der Waals surface area contributed by atoms with E-state index in [-0.39, 0.29) is 4.90 Å². The van der Waals surface area contributed by atoms with Crippen LogP contribution in [0, 0.1) is 17.6 Å². The van der Waals surface area contributed by atoms with E-state index < -0.39 is 21.7 Å². The number of benzene rings is 1. The summed E-state index contributed by atoms with van der Waals surface area (Å²) in [6.45, 7) is 4.22. The lowest BCUT2D eigenvalue weighted by Gasteiger charge is -2.34. The third-order valence-corrected chi connectivity index (χ3v) is 7.21. The van der Waals surface area contributed by atoms with Gasteiger partial charge in [0.05, 0.1) is 4.90 Å². The van der Waals surface area contributed by atoms with Gasteiger partial charge in [-0.3, -0.25) is 0 Å². The molecular formula is C18H26F2N2O2S. The monoisotopic (exact) mass is 372 g/mol. The highest BCUT2D eigenvalue weighted by Crippen LogP contribution is 2.26. The van der Waals surface area contributed by atoms with E-state index in [1.165, 1.54) is 30.0 Å². The average Bonchev–Trinajstić information content (AvgIpc) is 2.86. The summed E-state index contributed by atoms with van der Waals surface area (Å²) < 4.78 is 53.1. The summed E-state index contributed by atoms with van der Waals surface area (Å²) in [4.78, 5) is 2.34. The van der Waals surface area contributed by atoms with Gasteiger partial charge in [-0.05, 0) is 62.9 Å². The van der Waals surface area contributed by atoms with Crippen molar-refractivity contribution >= 4 is 10.0 Å². The smallest absolute Gasteiger partial charge is 0.243 e. The largest absolute Gasteiger partial charge is 0.303 e. The molecule has 0 unspecified atom stereocenters. The second kappa shape index (κ2) is 8.10. The van der Waals surface area contributed by atoms with E-state index in [1.807, 2.05) is 0 Å². The Morgan fingerprint density at radius 1 is 0.920 bits per heavy atom. The van der Waals surface area contributed by atoms with Crippen molar-refractivity contribution in [1.29, 1.82) is 0 Å². The Bertz CT molecular complexity index is 680. The first-order valence-corrected chi connectivity index (χ1v) is 10.6. The highest BCUT2D eigenvalue weighted by atomic mass is 32.2. The number of hydrogen-bond acceptors (Lipinski definition) is 3. The van der Waals surface area contributed by atoms with Crippen molar-refractivity contribution in [2.75, 3.05) is 32.7 Å². The summed E-state index contributed by atoms with van der Waals surface area (Å²) in [6, 6.07) is 2.78. The van der Waals surface area contributed by atoms with Crippen molar-refractivity contribution in [2.24, 2.45) is 5.92 Å². The van der Waals surface area contributed by atoms with E-state index in [2.05, 4.69) is 4.90 Å². The summed E-state index contributed by atoms with van der Waals surface area (Å²) in [6.07, 6.45) is 6.76. The summed E-state index contributed by atoms with van der Waals surface area (Å²) in [5.41, 5.74) is 0. The minimum Gasteiger partial charge on any atom is -0.303 e. The lowest BCUT2D eigenvalue weighted by molar-refractivity contribution is 0.186. The Morgan fingerprint density at radius 3 is 2.16 bits per heavy atom. The summed E-state index contributed by atoms with van der Waals surface area (Å²) in [7, 11) is -3.75. The van der Waals surface area contributed by atoms with E-state index in [0.29, 0.717) is 19.0 Å². The lowest BCUT2D eigenvalue weighted by atomic mass is 9.97. The molecule has 0 radical (unpaired) electrons. The Labute approximate surface area is 148 Å². The first-order valence-electron chi connectivity index (χ1n) is 9.14. The van der Waals surface area contributed by atoms with Crippen LogP contribution in [0.4, 0.5) is 8.78 Å². The molecule has 140 valence electrons. The number of piperidine rings is 1. The number of rotatable bonds is 4. The van der Waals surface area contributed by atoms with E-state index in [9.17, 15) is 17.2 Å². The number of sulfonamides is 1. The molecule has 0 aromatic heterocycles. The predicted octanol–water partition coefficient (Wildman–Crippen LogP) is 3.24. The van der Waals surface area contributed by atoms with Gasteiger partial charge in [0.15, 0.2) is 11.6 Å². The Hall–Kier alpha value is -1.05. The molecule has 2 aliphatic rings. The van der Waals surface area contributed by atoms with Crippen LogP contribution < -0.4 is 0 Å². The Balaban J connectivity index is 1.58. The zero-order valence-electron chi connectivity index (χ0n) is 14.5.